The van der Waals surface area contributed by atoms with Crippen molar-refractivity contribution < 1.29 is 10.2 Å². The van der Waals surface area contributed by atoms with E-state index >= 15 is 0 Å². The molecule has 164 valence electrons. The number of aliphatic hydroxyl groups excluding tert-OH is 1. The number of allylic oxidation sites excluding steroid dienone is 1. The van der Waals surface area contributed by atoms with Gasteiger partial charge in [-0.3, -0.25) is 4.90 Å². The highest BCUT2D eigenvalue weighted by Gasteiger charge is 2.38. The first-order valence-electron chi connectivity index (χ1n) is 11.8. The summed E-state index contributed by atoms with van der Waals surface area (Å²) in [4.78, 5) is 2.61. The minimum atomic E-state index is 0.164. The Balaban J connectivity index is 1.53. The molecule has 0 atom stereocenters. The van der Waals surface area contributed by atoms with Crippen LogP contribution in [0.3, 0.4) is 0 Å². The van der Waals surface area contributed by atoms with Crippen molar-refractivity contribution >= 4 is 11.1 Å². The van der Waals surface area contributed by atoms with E-state index in [1.54, 1.807) is 12.1 Å². The van der Waals surface area contributed by atoms with Crippen LogP contribution >= 0.6 is 0 Å². The van der Waals surface area contributed by atoms with Crippen molar-refractivity contribution in [1.29, 1.82) is 0 Å². The van der Waals surface area contributed by atoms with E-state index in [2.05, 4.69) is 53.4 Å². The number of likely N-dealkylation sites (tertiary alicyclic amines) is 1. The minimum Gasteiger partial charge on any atom is -0.508 e. The molecule has 0 unspecified atom stereocenters. The lowest BCUT2D eigenvalue weighted by molar-refractivity contribution is 0.139. The van der Waals surface area contributed by atoms with Crippen LogP contribution in [0.1, 0.15) is 53.9 Å². The molecule has 32 heavy (non-hydrogen) atoms. The fourth-order valence-corrected chi connectivity index (χ4v) is 4.84. The predicted octanol–water partition coefficient (Wildman–Crippen LogP) is 5.69. The van der Waals surface area contributed by atoms with Crippen molar-refractivity contribution in [3.8, 4) is 5.75 Å². The number of nitrogens with zero attached hydrogens (tertiary/aromatic N) is 1. The summed E-state index contributed by atoms with van der Waals surface area (Å²) in [5.41, 5.74) is 7.25. The van der Waals surface area contributed by atoms with E-state index in [1.807, 2.05) is 18.2 Å². The van der Waals surface area contributed by atoms with Gasteiger partial charge in [-0.05, 0) is 71.2 Å². The fraction of sp³-hybridized carbons (Fsp3) is 0.310. The molecule has 1 heterocycles. The molecule has 3 aromatic carbocycles. The number of aliphatic hydroxyl groups is 1. The Labute approximate surface area is 190 Å². The third-order valence-corrected chi connectivity index (χ3v) is 6.81. The molecule has 0 amide bonds. The largest absolute Gasteiger partial charge is 0.508 e. The van der Waals surface area contributed by atoms with Gasteiger partial charge in [-0.2, -0.15) is 0 Å². The van der Waals surface area contributed by atoms with E-state index in [1.165, 1.54) is 53.8 Å². The Morgan fingerprint density at radius 1 is 0.781 bits per heavy atom. The van der Waals surface area contributed by atoms with Gasteiger partial charge in [-0.25, -0.2) is 0 Å². The third-order valence-electron chi connectivity index (χ3n) is 6.81. The predicted molar refractivity (Wildman–Crippen MR) is 131 cm³/mol. The summed E-state index contributed by atoms with van der Waals surface area (Å²) in [6.07, 6.45) is 4.26. The van der Waals surface area contributed by atoms with Crippen LogP contribution in [0.15, 0.2) is 78.9 Å². The Morgan fingerprint density at radius 2 is 1.41 bits per heavy atom. The van der Waals surface area contributed by atoms with Gasteiger partial charge in [0.25, 0.3) is 0 Å². The Morgan fingerprint density at radius 3 is 2.00 bits per heavy atom. The molecule has 2 aliphatic rings. The zero-order chi connectivity index (χ0) is 21.9. The fourth-order valence-electron chi connectivity index (χ4n) is 4.84. The summed E-state index contributed by atoms with van der Waals surface area (Å²) in [6, 6.07) is 27.8. The summed E-state index contributed by atoms with van der Waals surface area (Å²) in [5.74, 6) is 0.916. The quantitative estimate of drug-likeness (QED) is 0.456. The average Bonchev–Trinajstić information content (AvgIpc) is 3.63. The van der Waals surface area contributed by atoms with Crippen molar-refractivity contribution in [3.05, 3.63) is 101 Å². The monoisotopic (exact) mass is 425 g/mol. The highest BCUT2D eigenvalue weighted by Crippen LogP contribution is 2.39. The number of phenolic OH excluding ortho intramolecular Hbond substituents is 1. The Kier molecular flexibility index (Phi) is 6.11. The first kappa shape index (κ1) is 21.0. The zero-order valence-corrected chi connectivity index (χ0v) is 18.5. The summed E-state index contributed by atoms with van der Waals surface area (Å²) in [7, 11) is 0. The van der Waals surface area contributed by atoms with Gasteiger partial charge >= 0.3 is 0 Å². The maximum absolute atomic E-state index is 9.85. The van der Waals surface area contributed by atoms with E-state index in [9.17, 15) is 10.2 Å². The topological polar surface area (TPSA) is 43.7 Å². The molecule has 1 saturated heterocycles. The van der Waals surface area contributed by atoms with E-state index < -0.39 is 0 Å². The Hall–Kier alpha value is -2.88. The number of hydrogen-bond donors (Lipinski definition) is 2. The molecule has 0 bridgehead atoms. The zero-order valence-electron chi connectivity index (χ0n) is 18.5. The second kappa shape index (κ2) is 9.32. The van der Waals surface area contributed by atoms with Crippen molar-refractivity contribution in [2.45, 2.75) is 37.6 Å². The van der Waals surface area contributed by atoms with Crippen LogP contribution in [-0.2, 0) is 0 Å². The minimum absolute atomic E-state index is 0.164. The molecule has 3 aromatic rings. The number of rotatable bonds is 8. The van der Waals surface area contributed by atoms with Crippen LogP contribution in [0.2, 0.25) is 0 Å². The van der Waals surface area contributed by atoms with Gasteiger partial charge in [-0.1, -0.05) is 66.7 Å². The summed E-state index contributed by atoms with van der Waals surface area (Å²) in [6.45, 7) is 2.55. The molecule has 2 N–H and O–H groups in total. The number of aromatic hydroxyl groups is 1. The van der Waals surface area contributed by atoms with Crippen LogP contribution < -0.4 is 0 Å². The molecule has 3 heteroatoms. The average molecular weight is 426 g/mol. The smallest absolute Gasteiger partial charge is 0.115 e. The SMILES string of the molecule is OCCC/C(=C(\c1ccc(O)cc1)c1ccc(C2CN(C3CC3)C2)cc1)c1ccccc1. The lowest BCUT2D eigenvalue weighted by Gasteiger charge is -2.40. The Bertz CT molecular complexity index is 1060. The molecule has 0 aromatic heterocycles. The van der Waals surface area contributed by atoms with Crippen molar-refractivity contribution in [1.82, 2.24) is 4.90 Å². The number of hydrogen-bond acceptors (Lipinski definition) is 3. The molecule has 3 nitrogen and oxygen atoms in total. The van der Waals surface area contributed by atoms with Crippen LogP contribution in [0.25, 0.3) is 11.1 Å². The molecule has 0 radical (unpaired) electrons. The number of benzene rings is 3. The molecule has 1 aliphatic heterocycles. The van der Waals surface area contributed by atoms with Gasteiger partial charge in [-0.15, -0.1) is 0 Å². The lowest BCUT2D eigenvalue weighted by atomic mass is 9.85. The molecular formula is C29H31NO2. The lowest BCUT2D eigenvalue weighted by Crippen LogP contribution is -2.46. The molecule has 1 aliphatic carbocycles. The third kappa shape index (κ3) is 4.50. The first-order chi connectivity index (χ1) is 15.7. The van der Waals surface area contributed by atoms with E-state index in [4.69, 9.17) is 0 Å². The highest BCUT2D eigenvalue weighted by atomic mass is 16.3. The van der Waals surface area contributed by atoms with E-state index in [0.717, 1.165) is 18.0 Å². The van der Waals surface area contributed by atoms with Crippen molar-refractivity contribution in [3.63, 3.8) is 0 Å². The molecular weight excluding hydrogens is 394 g/mol. The molecule has 0 spiro atoms. The van der Waals surface area contributed by atoms with E-state index in [-0.39, 0.29) is 12.4 Å². The summed E-state index contributed by atoms with van der Waals surface area (Å²) >= 11 is 0. The summed E-state index contributed by atoms with van der Waals surface area (Å²) < 4.78 is 0. The second-order valence-electron chi connectivity index (χ2n) is 9.10. The second-order valence-corrected chi connectivity index (χ2v) is 9.10. The van der Waals surface area contributed by atoms with Gasteiger partial charge in [0.2, 0.25) is 0 Å². The van der Waals surface area contributed by atoms with Crippen molar-refractivity contribution in [2.75, 3.05) is 19.7 Å². The molecule has 2 fully saturated rings. The molecule has 5 rings (SSSR count). The van der Waals surface area contributed by atoms with Gasteiger partial charge in [0.05, 0.1) is 0 Å². The highest BCUT2D eigenvalue weighted by molar-refractivity contribution is 5.98. The number of phenols is 1. The van der Waals surface area contributed by atoms with E-state index in [0.29, 0.717) is 12.3 Å². The van der Waals surface area contributed by atoms with Crippen LogP contribution in [0, 0.1) is 0 Å². The standard InChI is InChI=1S/C29H31NO2/c31-18-4-7-28(22-5-2-1-3-6-22)29(24-12-16-27(32)17-13-24)23-10-8-21(9-11-23)25-19-30(20-25)26-14-15-26/h1-3,5-6,8-13,16-17,25-26,31-32H,4,7,14-15,18-20H2/b29-28+. The van der Waals surface area contributed by atoms with Gasteiger partial charge < -0.3 is 10.2 Å². The normalized spacial score (nSPS) is 17.7. The van der Waals surface area contributed by atoms with Crippen molar-refractivity contribution in [2.24, 2.45) is 0 Å². The first-order valence-corrected chi connectivity index (χ1v) is 11.8. The van der Waals surface area contributed by atoms with Crippen LogP contribution in [0.4, 0.5) is 0 Å². The summed E-state index contributed by atoms with van der Waals surface area (Å²) in [5, 5.41) is 19.4. The van der Waals surface area contributed by atoms with Crippen LogP contribution in [0.5, 0.6) is 5.75 Å². The van der Waals surface area contributed by atoms with Gasteiger partial charge in [0.1, 0.15) is 5.75 Å². The van der Waals surface area contributed by atoms with Crippen LogP contribution in [-0.4, -0.2) is 40.9 Å². The van der Waals surface area contributed by atoms with Gasteiger partial charge in [0, 0.05) is 31.7 Å². The maximum Gasteiger partial charge on any atom is 0.115 e. The maximum atomic E-state index is 9.85. The molecule has 1 saturated carbocycles. The van der Waals surface area contributed by atoms with Gasteiger partial charge in [0.15, 0.2) is 0 Å².